The highest BCUT2D eigenvalue weighted by Crippen LogP contribution is 2.31. The molecule has 0 bridgehead atoms. The summed E-state index contributed by atoms with van der Waals surface area (Å²) in [7, 11) is 0. The number of aromatic nitrogens is 3. The minimum Gasteiger partial charge on any atom is -0.422 e. The Hall–Kier alpha value is -3.25. The molecule has 5 aromatic rings. The van der Waals surface area contributed by atoms with Crippen molar-refractivity contribution >= 4 is 33.2 Å². The fourth-order valence-electron chi connectivity index (χ4n) is 2.84. The molecule has 0 fully saturated rings. The third kappa shape index (κ3) is 2.35. The lowest BCUT2D eigenvalue weighted by Gasteiger charge is -1.98. The first kappa shape index (κ1) is 14.1. The first-order valence-corrected chi connectivity index (χ1v) is 8.54. The Bertz CT molecular complexity index is 1250. The third-order valence-electron chi connectivity index (χ3n) is 4.06. The number of hydrogen-bond acceptors (Lipinski definition) is 5. The summed E-state index contributed by atoms with van der Waals surface area (Å²) in [5, 5.41) is 11.7. The molecule has 3 heterocycles. The number of aromatic amines is 1. The Labute approximate surface area is 145 Å². The highest BCUT2D eigenvalue weighted by atomic mass is 32.1. The van der Waals surface area contributed by atoms with Gasteiger partial charge >= 0.3 is 5.63 Å². The van der Waals surface area contributed by atoms with Gasteiger partial charge in [0.2, 0.25) is 0 Å². The summed E-state index contributed by atoms with van der Waals surface area (Å²) < 4.78 is 5.39. The molecule has 0 saturated heterocycles. The molecule has 0 aliphatic carbocycles. The van der Waals surface area contributed by atoms with Gasteiger partial charge < -0.3 is 9.40 Å². The van der Waals surface area contributed by atoms with E-state index in [2.05, 4.69) is 15.2 Å². The van der Waals surface area contributed by atoms with Crippen LogP contribution in [0.1, 0.15) is 0 Å². The Morgan fingerprint density at radius 2 is 1.64 bits per heavy atom. The molecule has 3 aromatic heterocycles. The van der Waals surface area contributed by atoms with Gasteiger partial charge in [-0.3, -0.25) is 0 Å². The number of rotatable bonds is 2. The van der Waals surface area contributed by atoms with E-state index in [4.69, 9.17) is 4.42 Å². The predicted molar refractivity (Wildman–Crippen MR) is 98.7 cm³/mol. The van der Waals surface area contributed by atoms with Gasteiger partial charge in [-0.1, -0.05) is 47.7 Å². The van der Waals surface area contributed by atoms with Gasteiger partial charge in [-0.15, -0.1) is 10.2 Å². The second-order valence-corrected chi connectivity index (χ2v) is 6.65. The van der Waals surface area contributed by atoms with Gasteiger partial charge in [0.15, 0.2) is 10.0 Å². The molecule has 0 amide bonds. The van der Waals surface area contributed by atoms with Crippen LogP contribution >= 0.6 is 11.3 Å². The third-order valence-corrected chi connectivity index (χ3v) is 5.05. The Morgan fingerprint density at radius 3 is 2.52 bits per heavy atom. The summed E-state index contributed by atoms with van der Waals surface area (Å²) >= 11 is 1.36. The lowest BCUT2D eigenvalue weighted by atomic mass is 10.2. The topological polar surface area (TPSA) is 71.8 Å². The second kappa shape index (κ2) is 5.39. The van der Waals surface area contributed by atoms with Gasteiger partial charge in [-0.05, 0) is 24.3 Å². The van der Waals surface area contributed by atoms with E-state index >= 15 is 0 Å². The first-order valence-electron chi connectivity index (χ1n) is 7.73. The van der Waals surface area contributed by atoms with Crippen molar-refractivity contribution in [3.05, 3.63) is 71.1 Å². The smallest absolute Gasteiger partial charge is 0.346 e. The number of fused-ring (bicyclic) bond motifs is 2. The van der Waals surface area contributed by atoms with Gasteiger partial charge in [0, 0.05) is 16.3 Å². The zero-order valence-corrected chi connectivity index (χ0v) is 13.7. The van der Waals surface area contributed by atoms with Crippen molar-refractivity contribution in [2.24, 2.45) is 0 Å². The molecule has 120 valence electrons. The molecule has 0 radical (unpaired) electrons. The lowest BCUT2D eigenvalue weighted by Crippen LogP contribution is -2.02. The zero-order chi connectivity index (χ0) is 16.8. The zero-order valence-electron chi connectivity index (χ0n) is 12.9. The average molecular weight is 345 g/mol. The van der Waals surface area contributed by atoms with Crippen molar-refractivity contribution in [1.82, 2.24) is 15.2 Å². The highest BCUT2D eigenvalue weighted by Gasteiger charge is 2.15. The number of nitrogens with zero attached hydrogens (tertiary/aromatic N) is 2. The largest absolute Gasteiger partial charge is 0.422 e. The molecule has 5 nitrogen and oxygen atoms in total. The Kier molecular flexibility index (Phi) is 3.05. The SMILES string of the molecule is O=c1oc2ccccc2cc1-c1nnc(-c2cc3ccccc3[nH]2)s1. The van der Waals surface area contributed by atoms with Crippen molar-refractivity contribution in [2.45, 2.75) is 0 Å². The molecule has 0 spiro atoms. The van der Waals surface area contributed by atoms with E-state index in [1.807, 2.05) is 48.5 Å². The van der Waals surface area contributed by atoms with Gasteiger partial charge in [-0.2, -0.15) is 0 Å². The van der Waals surface area contributed by atoms with Gasteiger partial charge in [-0.25, -0.2) is 4.79 Å². The van der Waals surface area contributed by atoms with Crippen LogP contribution < -0.4 is 5.63 Å². The summed E-state index contributed by atoms with van der Waals surface area (Å²) in [5.41, 5.74) is 2.52. The summed E-state index contributed by atoms with van der Waals surface area (Å²) in [6.45, 7) is 0. The maximum absolute atomic E-state index is 12.3. The molecule has 0 aliphatic rings. The minimum atomic E-state index is -0.405. The highest BCUT2D eigenvalue weighted by molar-refractivity contribution is 7.17. The Morgan fingerprint density at radius 1 is 0.880 bits per heavy atom. The van der Waals surface area contributed by atoms with Crippen LogP contribution in [0.5, 0.6) is 0 Å². The maximum Gasteiger partial charge on any atom is 0.346 e. The van der Waals surface area contributed by atoms with Crippen LogP contribution in [0.25, 0.3) is 43.1 Å². The molecule has 0 unspecified atom stereocenters. The number of hydrogen-bond donors (Lipinski definition) is 1. The van der Waals surface area contributed by atoms with Crippen LogP contribution in [-0.4, -0.2) is 15.2 Å². The summed E-state index contributed by atoms with van der Waals surface area (Å²) in [4.78, 5) is 15.6. The Balaban J connectivity index is 1.62. The maximum atomic E-state index is 12.3. The summed E-state index contributed by atoms with van der Waals surface area (Å²) in [5.74, 6) is 0. The van der Waals surface area contributed by atoms with Crippen LogP contribution in [-0.2, 0) is 0 Å². The van der Waals surface area contributed by atoms with Crippen LogP contribution in [0, 0.1) is 0 Å². The standard InChI is InChI=1S/C19H11N3O2S/c23-19-13(9-12-6-2-4-8-16(12)24-19)17-21-22-18(25-17)15-10-11-5-1-3-7-14(11)20-15/h1-10,20H. The van der Waals surface area contributed by atoms with Gasteiger partial charge in [0.05, 0.1) is 11.3 Å². The van der Waals surface area contributed by atoms with E-state index < -0.39 is 5.63 Å². The summed E-state index contributed by atoms with van der Waals surface area (Å²) in [6.07, 6.45) is 0. The fourth-order valence-corrected chi connectivity index (χ4v) is 3.66. The molecular formula is C19H11N3O2S. The van der Waals surface area contributed by atoms with Crippen molar-refractivity contribution < 1.29 is 4.42 Å². The van der Waals surface area contributed by atoms with E-state index in [1.165, 1.54) is 11.3 Å². The molecule has 0 aliphatic heterocycles. The summed E-state index contributed by atoms with van der Waals surface area (Å²) in [6, 6.07) is 19.3. The van der Waals surface area contributed by atoms with Gasteiger partial charge in [0.25, 0.3) is 0 Å². The second-order valence-electron chi connectivity index (χ2n) is 5.67. The monoisotopic (exact) mass is 345 g/mol. The fraction of sp³-hybridized carbons (Fsp3) is 0. The lowest BCUT2D eigenvalue weighted by molar-refractivity contribution is 0.563. The van der Waals surface area contributed by atoms with E-state index in [-0.39, 0.29) is 0 Å². The molecule has 2 aromatic carbocycles. The van der Waals surface area contributed by atoms with E-state index in [9.17, 15) is 4.79 Å². The van der Waals surface area contributed by atoms with Gasteiger partial charge in [0.1, 0.15) is 5.58 Å². The average Bonchev–Trinajstić information content (AvgIpc) is 3.28. The van der Waals surface area contributed by atoms with Crippen molar-refractivity contribution in [3.8, 4) is 21.3 Å². The van der Waals surface area contributed by atoms with Crippen molar-refractivity contribution in [1.29, 1.82) is 0 Å². The number of benzene rings is 2. The van der Waals surface area contributed by atoms with Crippen molar-refractivity contribution in [2.75, 3.05) is 0 Å². The molecule has 1 N–H and O–H groups in total. The van der Waals surface area contributed by atoms with E-state index in [0.717, 1.165) is 27.0 Å². The van der Waals surface area contributed by atoms with E-state index in [1.54, 1.807) is 12.1 Å². The minimum absolute atomic E-state index is 0.405. The normalized spacial score (nSPS) is 11.4. The molecule has 25 heavy (non-hydrogen) atoms. The number of para-hydroxylation sites is 2. The molecule has 0 atom stereocenters. The van der Waals surface area contributed by atoms with Crippen LogP contribution in [0.4, 0.5) is 0 Å². The molecule has 5 rings (SSSR count). The predicted octanol–water partition coefficient (Wildman–Crippen LogP) is 4.46. The number of nitrogens with one attached hydrogen (secondary N) is 1. The van der Waals surface area contributed by atoms with Crippen molar-refractivity contribution in [3.63, 3.8) is 0 Å². The molecule has 0 saturated carbocycles. The van der Waals surface area contributed by atoms with Crippen LogP contribution in [0.15, 0.2) is 69.9 Å². The number of H-pyrrole nitrogens is 1. The van der Waals surface area contributed by atoms with Crippen LogP contribution in [0.3, 0.4) is 0 Å². The molecule has 6 heteroatoms. The molecular weight excluding hydrogens is 334 g/mol. The van der Waals surface area contributed by atoms with E-state index in [0.29, 0.717) is 16.2 Å². The quantitative estimate of drug-likeness (QED) is 0.480. The first-order chi connectivity index (χ1) is 12.3. The van der Waals surface area contributed by atoms with Crippen LogP contribution in [0.2, 0.25) is 0 Å².